The molecule has 19 heavy (non-hydrogen) atoms. The molecule has 5 heteroatoms. The number of carboxylic acids is 1. The molecule has 0 amide bonds. The molecule has 0 saturated heterocycles. The molecule has 0 heterocycles. The predicted octanol–water partition coefficient (Wildman–Crippen LogP) is 4.41. The fraction of sp³-hybridized carbons (Fsp3) is 0.0714. The maximum atomic E-state index is 10.8. The van der Waals surface area contributed by atoms with Crippen LogP contribution in [0.15, 0.2) is 46.9 Å². The highest BCUT2D eigenvalue weighted by Crippen LogP contribution is 2.24. The summed E-state index contributed by atoms with van der Waals surface area (Å²) in [6.07, 6.45) is 0. The summed E-state index contributed by atoms with van der Waals surface area (Å²) in [5, 5.41) is 12.8. The zero-order valence-corrected chi connectivity index (χ0v) is 12.2. The van der Waals surface area contributed by atoms with Crippen molar-refractivity contribution >= 4 is 39.2 Å². The molecule has 0 aliphatic rings. The largest absolute Gasteiger partial charge is 0.478 e. The van der Waals surface area contributed by atoms with Gasteiger partial charge in [0.15, 0.2) is 0 Å². The monoisotopic (exact) mass is 339 g/mol. The first kappa shape index (κ1) is 13.9. The van der Waals surface area contributed by atoms with Crippen LogP contribution in [0.1, 0.15) is 15.9 Å². The van der Waals surface area contributed by atoms with E-state index in [1.807, 2.05) is 24.3 Å². The lowest BCUT2D eigenvalue weighted by Crippen LogP contribution is -2.02. The van der Waals surface area contributed by atoms with Gasteiger partial charge in [0.25, 0.3) is 0 Å². The van der Waals surface area contributed by atoms with Crippen molar-refractivity contribution in [2.75, 3.05) is 5.32 Å². The molecule has 0 aromatic heterocycles. The number of nitrogens with one attached hydrogen (secondary N) is 1. The lowest BCUT2D eigenvalue weighted by Gasteiger charge is -2.10. The number of anilines is 1. The summed E-state index contributed by atoms with van der Waals surface area (Å²) < 4.78 is 0.756. The molecule has 2 N–H and O–H groups in total. The Bertz CT molecular complexity index is 616. The Morgan fingerprint density at radius 3 is 2.63 bits per heavy atom. The van der Waals surface area contributed by atoms with Gasteiger partial charge in [-0.05, 0) is 29.8 Å². The van der Waals surface area contributed by atoms with Crippen molar-refractivity contribution < 1.29 is 9.90 Å². The number of benzene rings is 2. The molecule has 2 rings (SSSR count). The Morgan fingerprint density at radius 1 is 1.26 bits per heavy atom. The highest BCUT2D eigenvalue weighted by atomic mass is 79.9. The van der Waals surface area contributed by atoms with Crippen LogP contribution in [-0.2, 0) is 6.54 Å². The Morgan fingerprint density at radius 2 is 2.00 bits per heavy atom. The molecule has 2 aromatic rings. The van der Waals surface area contributed by atoms with Gasteiger partial charge in [0.1, 0.15) is 0 Å². The first-order chi connectivity index (χ1) is 9.08. The second-order valence-corrected chi connectivity index (χ2v) is 5.21. The van der Waals surface area contributed by atoms with E-state index in [9.17, 15) is 4.79 Å². The molecule has 2 aromatic carbocycles. The minimum atomic E-state index is -0.939. The van der Waals surface area contributed by atoms with E-state index in [4.69, 9.17) is 16.7 Å². The minimum absolute atomic E-state index is 0.258. The molecule has 98 valence electrons. The first-order valence-corrected chi connectivity index (χ1v) is 6.75. The molecule has 0 fully saturated rings. The maximum absolute atomic E-state index is 10.8. The van der Waals surface area contributed by atoms with Gasteiger partial charge in [-0.2, -0.15) is 0 Å². The molecule has 0 aliphatic carbocycles. The SMILES string of the molecule is O=C(O)c1ccc(CNc2ccccc2Cl)c(Br)c1. The third-order valence-electron chi connectivity index (χ3n) is 2.64. The normalized spacial score (nSPS) is 10.2. The molecule has 0 spiro atoms. The molecule has 0 radical (unpaired) electrons. The fourth-order valence-corrected chi connectivity index (χ4v) is 2.34. The van der Waals surface area contributed by atoms with Crippen molar-refractivity contribution in [3.8, 4) is 0 Å². The van der Waals surface area contributed by atoms with E-state index in [0.29, 0.717) is 11.6 Å². The Hall–Kier alpha value is -1.52. The summed E-state index contributed by atoms with van der Waals surface area (Å²) >= 11 is 9.42. The molecule has 0 bridgehead atoms. The number of carboxylic acid groups (broad SMARTS) is 1. The van der Waals surface area contributed by atoms with E-state index in [0.717, 1.165) is 15.7 Å². The molecule has 0 atom stereocenters. The second-order valence-electron chi connectivity index (χ2n) is 3.94. The molecule has 3 nitrogen and oxygen atoms in total. The summed E-state index contributed by atoms with van der Waals surface area (Å²) in [5.41, 5.74) is 2.07. The van der Waals surface area contributed by atoms with E-state index in [-0.39, 0.29) is 5.56 Å². The molecule has 0 unspecified atom stereocenters. The van der Waals surface area contributed by atoms with Gasteiger partial charge >= 0.3 is 5.97 Å². The van der Waals surface area contributed by atoms with Crippen LogP contribution in [0, 0.1) is 0 Å². The lowest BCUT2D eigenvalue weighted by atomic mass is 10.1. The van der Waals surface area contributed by atoms with Crippen LogP contribution >= 0.6 is 27.5 Å². The number of aromatic carboxylic acids is 1. The van der Waals surface area contributed by atoms with Gasteiger partial charge in [-0.3, -0.25) is 0 Å². The lowest BCUT2D eigenvalue weighted by molar-refractivity contribution is 0.0697. The zero-order valence-electron chi connectivity index (χ0n) is 9.86. The number of hydrogen-bond acceptors (Lipinski definition) is 2. The van der Waals surface area contributed by atoms with Crippen molar-refractivity contribution in [1.82, 2.24) is 0 Å². The van der Waals surface area contributed by atoms with Crippen LogP contribution in [0.25, 0.3) is 0 Å². The highest BCUT2D eigenvalue weighted by Gasteiger charge is 2.07. The Kier molecular flexibility index (Phi) is 4.45. The van der Waals surface area contributed by atoms with Gasteiger partial charge in [0, 0.05) is 11.0 Å². The van der Waals surface area contributed by atoms with Crippen molar-refractivity contribution in [1.29, 1.82) is 0 Å². The number of hydrogen-bond donors (Lipinski definition) is 2. The van der Waals surface area contributed by atoms with Crippen molar-refractivity contribution in [2.24, 2.45) is 0 Å². The summed E-state index contributed by atoms with van der Waals surface area (Å²) in [6.45, 7) is 0.560. The van der Waals surface area contributed by atoms with Crippen LogP contribution in [0.5, 0.6) is 0 Å². The maximum Gasteiger partial charge on any atom is 0.335 e. The Labute approximate surface area is 124 Å². The van der Waals surface area contributed by atoms with Crippen molar-refractivity contribution in [3.63, 3.8) is 0 Å². The van der Waals surface area contributed by atoms with Gasteiger partial charge in [0.05, 0.1) is 16.3 Å². The van der Waals surface area contributed by atoms with E-state index in [2.05, 4.69) is 21.2 Å². The summed E-state index contributed by atoms with van der Waals surface area (Å²) in [5.74, 6) is -0.939. The topological polar surface area (TPSA) is 49.3 Å². The van der Waals surface area contributed by atoms with Crippen LogP contribution in [0.3, 0.4) is 0 Å². The van der Waals surface area contributed by atoms with E-state index in [1.54, 1.807) is 18.2 Å². The highest BCUT2D eigenvalue weighted by molar-refractivity contribution is 9.10. The van der Waals surface area contributed by atoms with Crippen molar-refractivity contribution in [2.45, 2.75) is 6.54 Å². The van der Waals surface area contributed by atoms with Crippen LogP contribution in [-0.4, -0.2) is 11.1 Å². The van der Waals surface area contributed by atoms with E-state index in [1.165, 1.54) is 0 Å². The minimum Gasteiger partial charge on any atom is -0.478 e. The van der Waals surface area contributed by atoms with Gasteiger partial charge in [-0.25, -0.2) is 4.79 Å². The van der Waals surface area contributed by atoms with Crippen LogP contribution in [0.2, 0.25) is 5.02 Å². The number of rotatable bonds is 4. The van der Waals surface area contributed by atoms with Gasteiger partial charge < -0.3 is 10.4 Å². The molecular weight excluding hydrogens is 330 g/mol. The van der Waals surface area contributed by atoms with Gasteiger partial charge in [-0.15, -0.1) is 0 Å². The first-order valence-electron chi connectivity index (χ1n) is 5.58. The molecular formula is C14H11BrClNO2. The average Bonchev–Trinajstić information content (AvgIpc) is 2.39. The quantitative estimate of drug-likeness (QED) is 0.866. The molecule has 0 aliphatic heterocycles. The van der Waals surface area contributed by atoms with Crippen molar-refractivity contribution in [3.05, 3.63) is 63.1 Å². The molecule has 0 saturated carbocycles. The van der Waals surface area contributed by atoms with Crippen LogP contribution in [0.4, 0.5) is 5.69 Å². The van der Waals surface area contributed by atoms with E-state index < -0.39 is 5.97 Å². The summed E-state index contributed by atoms with van der Waals surface area (Å²) in [7, 11) is 0. The third-order valence-corrected chi connectivity index (χ3v) is 3.71. The summed E-state index contributed by atoms with van der Waals surface area (Å²) in [6, 6.07) is 12.4. The second kappa shape index (κ2) is 6.08. The number of halogens is 2. The average molecular weight is 341 g/mol. The zero-order chi connectivity index (χ0) is 13.8. The smallest absolute Gasteiger partial charge is 0.335 e. The number of para-hydroxylation sites is 1. The van der Waals surface area contributed by atoms with Crippen LogP contribution < -0.4 is 5.32 Å². The van der Waals surface area contributed by atoms with E-state index >= 15 is 0 Å². The Balaban J connectivity index is 2.12. The summed E-state index contributed by atoms with van der Waals surface area (Å²) in [4.78, 5) is 10.8. The predicted molar refractivity (Wildman–Crippen MR) is 79.9 cm³/mol. The van der Waals surface area contributed by atoms with Gasteiger partial charge in [0.2, 0.25) is 0 Å². The third kappa shape index (κ3) is 3.49. The standard InChI is InChI=1S/C14H11BrClNO2/c15-11-7-9(14(18)19)5-6-10(11)8-17-13-4-2-1-3-12(13)16/h1-7,17H,8H2,(H,18,19). The van der Waals surface area contributed by atoms with Gasteiger partial charge in [-0.1, -0.05) is 45.7 Å². The number of carbonyl (C=O) groups is 1. The fourth-order valence-electron chi connectivity index (χ4n) is 1.62.